The molecule has 0 fully saturated rings. The Bertz CT molecular complexity index is 911. The highest BCUT2D eigenvalue weighted by atomic mass is 127. The van der Waals surface area contributed by atoms with E-state index in [1.54, 1.807) is 12.1 Å². The van der Waals surface area contributed by atoms with E-state index in [4.69, 9.17) is 0 Å². The van der Waals surface area contributed by atoms with E-state index in [1.165, 1.54) is 0 Å². The molecule has 0 radical (unpaired) electrons. The quantitative estimate of drug-likeness (QED) is 0.202. The average molecular weight is 493 g/mol. The number of hydrogen-bond acceptors (Lipinski definition) is 4. The number of rotatable bonds is 7. The van der Waals surface area contributed by atoms with Crippen LogP contribution in [0.3, 0.4) is 0 Å². The second-order valence-corrected chi connectivity index (χ2v) is 5.79. The van der Waals surface area contributed by atoms with Crippen molar-refractivity contribution in [3.05, 3.63) is 66.1 Å². The summed E-state index contributed by atoms with van der Waals surface area (Å²) in [6.07, 6.45) is 1.92. The fourth-order valence-electron chi connectivity index (χ4n) is 2.54. The predicted octanol–water partition coefficient (Wildman–Crippen LogP) is 1.83. The third kappa shape index (κ3) is 5.91. The maximum absolute atomic E-state index is 12.0. The van der Waals surface area contributed by atoms with Gasteiger partial charge in [0.2, 0.25) is 0 Å². The molecule has 2 heterocycles. The summed E-state index contributed by atoms with van der Waals surface area (Å²) in [4.78, 5) is 16.6. The molecule has 3 N–H and O–H groups in total. The Hall–Kier alpha value is -2.69. The van der Waals surface area contributed by atoms with Crippen molar-refractivity contribution in [1.82, 2.24) is 30.5 Å². The highest BCUT2D eigenvalue weighted by Gasteiger charge is 2.05. The van der Waals surface area contributed by atoms with Gasteiger partial charge in [-0.3, -0.25) is 9.20 Å². The van der Waals surface area contributed by atoms with Crippen LogP contribution in [0.1, 0.15) is 23.1 Å². The first-order valence-electron chi connectivity index (χ1n) is 8.92. The van der Waals surface area contributed by atoms with Gasteiger partial charge in [-0.05, 0) is 31.2 Å². The minimum Gasteiger partial charge on any atom is -0.357 e. The first kappa shape index (κ1) is 21.6. The van der Waals surface area contributed by atoms with E-state index in [2.05, 4.69) is 31.1 Å². The predicted molar refractivity (Wildman–Crippen MR) is 120 cm³/mol. The summed E-state index contributed by atoms with van der Waals surface area (Å²) >= 11 is 0. The monoisotopic (exact) mass is 493 g/mol. The molecule has 8 nitrogen and oxygen atoms in total. The minimum absolute atomic E-state index is 0. The number of halogens is 1. The fourth-order valence-corrected chi connectivity index (χ4v) is 2.54. The molecule has 0 aliphatic carbocycles. The van der Waals surface area contributed by atoms with Crippen LogP contribution in [-0.2, 0) is 6.54 Å². The molecule has 3 aromatic rings. The van der Waals surface area contributed by atoms with Crippen LogP contribution in [0.15, 0.2) is 59.7 Å². The molecule has 9 heteroatoms. The van der Waals surface area contributed by atoms with Crippen LogP contribution in [0.5, 0.6) is 0 Å². The zero-order valence-corrected chi connectivity index (χ0v) is 18.0. The number of aromatic nitrogens is 3. The number of nitrogens with one attached hydrogen (secondary N) is 3. The first-order valence-corrected chi connectivity index (χ1v) is 8.92. The zero-order chi connectivity index (χ0) is 18.9. The molecule has 0 saturated heterocycles. The molecule has 148 valence electrons. The smallest absolute Gasteiger partial charge is 0.251 e. The van der Waals surface area contributed by atoms with Gasteiger partial charge in [0.15, 0.2) is 17.4 Å². The van der Waals surface area contributed by atoms with Gasteiger partial charge in [-0.25, -0.2) is 4.99 Å². The number of aliphatic imine (C=N–C) groups is 1. The normalized spacial score (nSPS) is 11.0. The van der Waals surface area contributed by atoms with Crippen LogP contribution < -0.4 is 16.0 Å². The third-order valence-corrected chi connectivity index (χ3v) is 3.85. The first-order chi connectivity index (χ1) is 13.3. The summed E-state index contributed by atoms with van der Waals surface area (Å²) in [7, 11) is 0. The molecule has 0 unspecified atom stereocenters. The van der Waals surface area contributed by atoms with Crippen LogP contribution in [0.25, 0.3) is 5.65 Å². The summed E-state index contributed by atoms with van der Waals surface area (Å²) in [5, 5.41) is 17.6. The molecular weight excluding hydrogens is 469 g/mol. The van der Waals surface area contributed by atoms with Gasteiger partial charge < -0.3 is 16.0 Å². The van der Waals surface area contributed by atoms with E-state index in [9.17, 15) is 4.79 Å². The summed E-state index contributed by atoms with van der Waals surface area (Å²) in [5.41, 5.74) is 1.45. The highest BCUT2D eigenvalue weighted by Crippen LogP contribution is 2.03. The molecule has 0 bridgehead atoms. The van der Waals surface area contributed by atoms with Crippen LogP contribution >= 0.6 is 24.0 Å². The van der Waals surface area contributed by atoms with Crippen molar-refractivity contribution < 1.29 is 4.79 Å². The van der Waals surface area contributed by atoms with Crippen molar-refractivity contribution in [2.24, 2.45) is 4.99 Å². The van der Waals surface area contributed by atoms with Crippen molar-refractivity contribution in [3.8, 4) is 0 Å². The molecule has 28 heavy (non-hydrogen) atoms. The minimum atomic E-state index is -0.0886. The summed E-state index contributed by atoms with van der Waals surface area (Å²) in [5.74, 6) is 1.34. The molecule has 0 atom stereocenters. The Morgan fingerprint density at radius 3 is 2.54 bits per heavy atom. The van der Waals surface area contributed by atoms with E-state index in [1.807, 2.05) is 53.9 Å². The molecular formula is C19H24IN7O. The van der Waals surface area contributed by atoms with Crippen LogP contribution in [0.4, 0.5) is 0 Å². The SMILES string of the molecule is CCNC(=NCc1nnc2ccccn12)NCCNC(=O)c1ccccc1.I. The number of nitrogens with zero attached hydrogens (tertiary/aromatic N) is 4. The highest BCUT2D eigenvalue weighted by molar-refractivity contribution is 14.0. The summed E-state index contributed by atoms with van der Waals surface area (Å²) in [6, 6.07) is 14.9. The lowest BCUT2D eigenvalue weighted by Crippen LogP contribution is -2.41. The number of guanidine groups is 1. The lowest BCUT2D eigenvalue weighted by molar-refractivity contribution is 0.0954. The number of benzene rings is 1. The van der Waals surface area contributed by atoms with Gasteiger partial charge in [-0.15, -0.1) is 34.2 Å². The van der Waals surface area contributed by atoms with Crippen molar-refractivity contribution in [2.75, 3.05) is 19.6 Å². The number of fused-ring (bicyclic) bond motifs is 1. The Balaban J connectivity index is 0.00000280. The number of hydrogen-bond donors (Lipinski definition) is 3. The van der Waals surface area contributed by atoms with Gasteiger partial charge in [0.25, 0.3) is 5.91 Å². The molecule has 0 saturated carbocycles. The maximum atomic E-state index is 12.0. The van der Waals surface area contributed by atoms with Crippen LogP contribution in [0.2, 0.25) is 0 Å². The number of amides is 1. The van der Waals surface area contributed by atoms with Crippen molar-refractivity contribution in [2.45, 2.75) is 13.5 Å². The number of carbonyl (C=O) groups excluding carboxylic acids is 1. The Morgan fingerprint density at radius 2 is 1.75 bits per heavy atom. The molecule has 0 aliphatic rings. The van der Waals surface area contributed by atoms with Crippen molar-refractivity contribution in [1.29, 1.82) is 0 Å². The summed E-state index contributed by atoms with van der Waals surface area (Å²) in [6.45, 7) is 4.19. The van der Waals surface area contributed by atoms with Crippen LogP contribution in [-0.4, -0.2) is 46.1 Å². The maximum Gasteiger partial charge on any atom is 0.251 e. The molecule has 1 aromatic carbocycles. The van der Waals surface area contributed by atoms with E-state index in [0.717, 1.165) is 18.0 Å². The van der Waals surface area contributed by atoms with Crippen molar-refractivity contribution >= 4 is 41.5 Å². The lowest BCUT2D eigenvalue weighted by Gasteiger charge is -2.11. The van der Waals surface area contributed by atoms with E-state index in [-0.39, 0.29) is 29.9 Å². The van der Waals surface area contributed by atoms with Crippen molar-refractivity contribution in [3.63, 3.8) is 0 Å². The number of carbonyl (C=O) groups is 1. The van der Waals surface area contributed by atoms with E-state index in [0.29, 0.717) is 31.2 Å². The van der Waals surface area contributed by atoms with E-state index >= 15 is 0 Å². The Labute approximate surface area is 180 Å². The fraction of sp³-hybridized carbons (Fsp3) is 0.263. The summed E-state index contributed by atoms with van der Waals surface area (Å²) < 4.78 is 1.91. The Kier molecular flexibility index (Phi) is 8.66. The van der Waals surface area contributed by atoms with Gasteiger partial charge in [-0.1, -0.05) is 24.3 Å². The molecule has 1 amide bonds. The van der Waals surface area contributed by atoms with Gasteiger partial charge in [0.1, 0.15) is 6.54 Å². The average Bonchev–Trinajstić information content (AvgIpc) is 3.13. The van der Waals surface area contributed by atoms with Gasteiger partial charge in [-0.2, -0.15) is 0 Å². The lowest BCUT2D eigenvalue weighted by atomic mass is 10.2. The van der Waals surface area contributed by atoms with Gasteiger partial charge >= 0.3 is 0 Å². The molecule has 3 rings (SSSR count). The molecule has 2 aromatic heterocycles. The largest absolute Gasteiger partial charge is 0.357 e. The molecule has 0 aliphatic heterocycles. The van der Waals surface area contributed by atoms with Gasteiger partial charge in [0, 0.05) is 31.4 Å². The standard InChI is InChI=1S/C19H23N7O.HI/c1-2-20-19(22-12-11-21-18(27)15-8-4-3-5-9-15)23-14-17-25-24-16-10-6-7-13-26(16)17;/h3-10,13H,2,11-12,14H2,1H3,(H,21,27)(H2,20,22,23);1H. The van der Waals surface area contributed by atoms with Gasteiger partial charge in [0.05, 0.1) is 0 Å². The topological polar surface area (TPSA) is 95.7 Å². The Morgan fingerprint density at radius 1 is 1.00 bits per heavy atom. The second-order valence-electron chi connectivity index (χ2n) is 5.79. The zero-order valence-electron chi connectivity index (χ0n) is 15.6. The second kappa shape index (κ2) is 11.2. The number of pyridine rings is 1. The third-order valence-electron chi connectivity index (χ3n) is 3.85. The van der Waals surface area contributed by atoms with E-state index < -0.39 is 0 Å². The molecule has 0 spiro atoms. The van der Waals surface area contributed by atoms with Crippen LogP contribution in [0, 0.1) is 0 Å².